The topological polar surface area (TPSA) is 125 Å². The van der Waals surface area contributed by atoms with Gasteiger partial charge in [-0.1, -0.05) is 30.1 Å². The Kier molecular flexibility index (Phi) is 13.5. The predicted molar refractivity (Wildman–Crippen MR) is 181 cm³/mol. The monoisotopic (exact) mass is 676 g/mol. The highest BCUT2D eigenvalue weighted by atomic mass is 32.1. The van der Waals surface area contributed by atoms with Gasteiger partial charge in [-0.2, -0.15) is 0 Å². The van der Waals surface area contributed by atoms with Crippen LogP contribution in [-0.4, -0.2) is 78.3 Å². The van der Waals surface area contributed by atoms with Gasteiger partial charge in [-0.15, -0.1) is 0 Å². The fraction of sp³-hybridized carbons (Fsp3) is 0.455. The molecule has 3 N–H and O–H groups in total. The third-order valence-electron chi connectivity index (χ3n) is 5.94. The molecule has 2 rings (SSSR count). The summed E-state index contributed by atoms with van der Waals surface area (Å²) in [5.74, 6) is -1.92. The average Bonchev–Trinajstić information content (AvgIpc) is 3.31. The van der Waals surface area contributed by atoms with Crippen LogP contribution in [0.3, 0.4) is 0 Å². The lowest BCUT2D eigenvalue weighted by Gasteiger charge is -2.30. The number of rotatable bonds is 12. The Morgan fingerprint density at radius 2 is 1.57 bits per heavy atom. The van der Waals surface area contributed by atoms with E-state index in [4.69, 9.17) is 9.47 Å². The van der Waals surface area contributed by atoms with Crippen LogP contribution in [0.1, 0.15) is 65.4 Å². The van der Waals surface area contributed by atoms with Crippen LogP contribution in [0.4, 0.5) is 23.4 Å². The van der Waals surface area contributed by atoms with E-state index in [9.17, 15) is 23.2 Å². The number of alkyl carbamates (subject to hydrolysis) is 1. The first-order valence-electron chi connectivity index (χ1n) is 14.9. The molecule has 0 radical (unpaired) electrons. The van der Waals surface area contributed by atoms with E-state index in [2.05, 4.69) is 27.5 Å². The van der Waals surface area contributed by atoms with Gasteiger partial charge in [0.25, 0.3) is 5.91 Å². The number of nitrogens with one attached hydrogen (secondary N) is 3. The van der Waals surface area contributed by atoms with Crippen LogP contribution in [0, 0.1) is 11.6 Å². The lowest BCUT2D eigenvalue weighted by molar-refractivity contribution is 0.0524. The van der Waals surface area contributed by atoms with E-state index in [-0.39, 0.29) is 15.7 Å². The van der Waals surface area contributed by atoms with Gasteiger partial charge in [-0.3, -0.25) is 10.1 Å². The second-order valence-electron chi connectivity index (χ2n) is 12.8. The third-order valence-corrected chi connectivity index (χ3v) is 6.93. The highest BCUT2D eigenvalue weighted by Crippen LogP contribution is 2.35. The van der Waals surface area contributed by atoms with Gasteiger partial charge in [0.15, 0.2) is 5.69 Å². The molecule has 47 heavy (non-hydrogen) atoms. The summed E-state index contributed by atoms with van der Waals surface area (Å²) >= 11 is 0.732. The number of benzene rings is 1. The quantitative estimate of drug-likeness (QED) is 0.164. The molecule has 0 unspecified atom stereocenters. The molecule has 14 heteroatoms. The number of thiazole rings is 1. The molecule has 0 atom stereocenters. The minimum atomic E-state index is -0.877. The van der Waals surface area contributed by atoms with Gasteiger partial charge in [0.1, 0.15) is 38.7 Å². The summed E-state index contributed by atoms with van der Waals surface area (Å²) in [5.41, 5.74) is -1.10. The van der Waals surface area contributed by atoms with Crippen molar-refractivity contribution in [3.8, 4) is 10.6 Å². The van der Waals surface area contributed by atoms with Gasteiger partial charge in [0, 0.05) is 34.2 Å². The molecule has 258 valence electrons. The average molecular weight is 677 g/mol. The molecule has 0 spiro atoms. The van der Waals surface area contributed by atoms with Crippen molar-refractivity contribution in [1.82, 2.24) is 25.4 Å². The number of ether oxygens (including phenoxy) is 2. The van der Waals surface area contributed by atoms with E-state index in [1.165, 1.54) is 6.07 Å². The van der Waals surface area contributed by atoms with E-state index in [1.807, 2.05) is 11.9 Å². The van der Waals surface area contributed by atoms with E-state index in [0.717, 1.165) is 29.0 Å². The van der Waals surface area contributed by atoms with Crippen LogP contribution < -0.4 is 16.0 Å². The molecular weight excluding hydrogens is 630 g/mol. The van der Waals surface area contributed by atoms with E-state index < -0.39 is 46.5 Å². The minimum absolute atomic E-state index is 0.0637. The fourth-order valence-electron chi connectivity index (χ4n) is 4.10. The Bertz CT molecular complexity index is 1500. The highest BCUT2D eigenvalue weighted by Gasteiger charge is 2.27. The molecule has 1 aromatic carbocycles. The van der Waals surface area contributed by atoms with Crippen molar-refractivity contribution in [2.75, 3.05) is 39.5 Å². The zero-order chi connectivity index (χ0) is 35.7. The molecule has 1 heterocycles. The van der Waals surface area contributed by atoms with Gasteiger partial charge >= 0.3 is 12.2 Å². The van der Waals surface area contributed by atoms with Crippen molar-refractivity contribution in [1.29, 1.82) is 0 Å². The first kappa shape index (κ1) is 38.7. The number of nitrogens with zero attached hydrogens (tertiary/aromatic N) is 3. The van der Waals surface area contributed by atoms with Crippen molar-refractivity contribution in [2.45, 2.75) is 66.1 Å². The first-order valence-corrected chi connectivity index (χ1v) is 15.7. The number of hydrogen-bond donors (Lipinski definition) is 3. The lowest BCUT2D eigenvalue weighted by atomic mass is 10.2. The molecule has 0 aliphatic heterocycles. The third kappa shape index (κ3) is 12.3. The van der Waals surface area contributed by atoms with Crippen molar-refractivity contribution in [3.05, 3.63) is 71.3 Å². The Morgan fingerprint density at radius 1 is 1.00 bits per heavy atom. The van der Waals surface area contributed by atoms with E-state index >= 15 is 0 Å². The van der Waals surface area contributed by atoms with Crippen LogP contribution in [0.5, 0.6) is 0 Å². The summed E-state index contributed by atoms with van der Waals surface area (Å²) in [6.07, 6.45) is 2.48. The van der Waals surface area contributed by atoms with Crippen molar-refractivity contribution >= 4 is 34.4 Å². The zero-order valence-electron chi connectivity index (χ0n) is 28.8. The minimum Gasteiger partial charge on any atom is -0.444 e. The van der Waals surface area contributed by atoms with Crippen LogP contribution in [-0.2, 0) is 9.47 Å². The molecule has 0 aliphatic rings. The number of anilines is 1. The molecule has 0 saturated carbocycles. The number of amides is 3. The van der Waals surface area contributed by atoms with Gasteiger partial charge in [0.2, 0.25) is 0 Å². The van der Waals surface area contributed by atoms with Gasteiger partial charge in [-0.05, 0) is 78.7 Å². The van der Waals surface area contributed by atoms with Crippen molar-refractivity contribution < 1.29 is 32.6 Å². The first-order chi connectivity index (χ1) is 21.7. The maximum absolute atomic E-state index is 14.7. The summed E-state index contributed by atoms with van der Waals surface area (Å²) in [4.78, 5) is 46.6. The van der Waals surface area contributed by atoms with E-state index in [1.54, 1.807) is 79.6 Å². The van der Waals surface area contributed by atoms with Gasteiger partial charge in [-0.25, -0.2) is 23.4 Å². The van der Waals surface area contributed by atoms with E-state index in [0.29, 0.717) is 31.0 Å². The van der Waals surface area contributed by atoms with Crippen LogP contribution in [0.25, 0.3) is 10.6 Å². The van der Waals surface area contributed by atoms with Gasteiger partial charge < -0.3 is 29.9 Å². The Hall–Kier alpha value is -4.46. The Morgan fingerprint density at radius 3 is 2.11 bits per heavy atom. The fourth-order valence-corrected chi connectivity index (χ4v) is 5.10. The molecule has 0 bridgehead atoms. The summed E-state index contributed by atoms with van der Waals surface area (Å²) in [6, 6.07) is 3.37. The summed E-state index contributed by atoms with van der Waals surface area (Å²) in [6.45, 7) is 16.8. The molecular formula is C33H46F2N6O5S. The van der Waals surface area contributed by atoms with Gasteiger partial charge in [0.05, 0.1) is 11.3 Å². The molecule has 3 amide bonds. The zero-order valence-corrected chi connectivity index (χ0v) is 29.6. The molecule has 0 aliphatic carbocycles. The summed E-state index contributed by atoms with van der Waals surface area (Å²) in [7, 11) is 5.42. The van der Waals surface area contributed by atoms with Crippen molar-refractivity contribution in [3.63, 3.8) is 0 Å². The maximum atomic E-state index is 14.7. The number of aromatic nitrogens is 1. The lowest BCUT2D eigenvalue weighted by Crippen LogP contribution is -2.37. The second-order valence-corrected chi connectivity index (χ2v) is 13.8. The molecule has 0 saturated heterocycles. The number of allylic oxidation sites excluding steroid dienone is 3. The second kappa shape index (κ2) is 16.4. The Balaban J connectivity index is 2.51. The summed E-state index contributed by atoms with van der Waals surface area (Å²) < 4.78 is 40.1. The molecule has 11 nitrogen and oxygen atoms in total. The normalized spacial score (nSPS) is 12.5. The van der Waals surface area contributed by atoms with Crippen LogP contribution in [0.2, 0.25) is 0 Å². The number of hydrogen-bond acceptors (Lipinski definition) is 9. The predicted octanol–water partition coefficient (Wildman–Crippen LogP) is 6.87. The molecule has 2 aromatic rings. The van der Waals surface area contributed by atoms with Crippen molar-refractivity contribution in [2.24, 2.45) is 0 Å². The molecule has 1 aromatic heterocycles. The molecule has 0 fully saturated rings. The largest absolute Gasteiger partial charge is 0.444 e. The Labute approximate surface area is 279 Å². The summed E-state index contributed by atoms with van der Waals surface area (Å²) in [5, 5.41) is 7.88. The SMILES string of the molecule is C=C/C(C)=C/C(NC(=O)c1nc(-c2c(F)cccc2F)sc1NC(=O)OC(C)(C)C)=C(\N(C)C)N(C)CCCNC(=O)OC(C)(C)C. The standard InChI is InChI=1S/C33H46F2N6O5S/c1-12-20(2)19-23(29(40(9)10)41(11)18-14-17-36-30(43)45-32(3,4)5)37-26(42)25-28(39-31(44)46-33(6,7)8)47-27(38-25)24-21(34)15-13-16-22(24)35/h12-13,15-16,19H,1,14,17-18H2,2-11H3,(H,36,43)(H,37,42)(H,39,44)/b20-19+,29-23-. The maximum Gasteiger partial charge on any atom is 0.412 e. The highest BCUT2D eigenvalue weighted by molar-refractivity contribution is 7.19. The van der Waals surface area contributed by atoms with Crippen LogP contribution >= 0.6 is 11.3 Å². The smallest absolute Gasteiger partial charge is 0.412 e. The van der Waals surface area contributed by atoms with Crippen LogP contribution in [0.15, 0.2) is 54.0 Å². The number of carbonyl (C=O) groups is 3. The number of halogens is 2. The number of carbonyl (C=O) groups excluding carboxylic acids is 3.